The van der Waals surface area contributed by atoms with Crippen molar-refractivity contribution in [2.75, 3.05) is 10.6 Å². The smallest absolute Gasteiger partial charge is 0.420 e. The van der Waals surface area contributed by atoms with Crippen LogP contribution in [0.15, 0.2) is 30.5 Å². The third kappa shape index (κ3) is 8.64. The Kier molecular flexibility index (Phi) is 9.56. The molecule has 46 heavy (non-hydrogen) atoms. The zero-order chi connectivity index (χ0) is 34.2. The van der Waals surface area contributed by atoms with Gasteiger partial charge in [0.1, 0.15) is 22.6 Å². The molecule has 3 aromatic rings. The second kappa shape index (κ2) is 12.8. The lowest BCUT2D eigenvalue weighted by Crippen LogP contribution is -2.52. The summed E-state index contributed by atoms with van der Waals surface area (Å²) in [5.74, 6) is 0.631. The van der Waals surface area contributed by atoms with Crippen LogP contribution in [0.1, 0.15) is 88.0 Å². The maximum atomic E-state index is 13.7. The lowest BCUT2D eigenvalue weighted by atomic mass is 9.89. The number of rotatable bonds is 4. The summed E-state index contributed by atoms with van der Waals surface area (Å²) in [5, 5.41) is 5.00. The molecule has 0 radical (unpaired) electrons. The first-order valence-corrected chi connectivity index (χ1v) is 15.5. The van der Waals surface area contributed by atoms with Crippen LogP contribution in [-0.4, -0.2) is 71.8 Å². The fourth-order valence-corrected chi connectivity index (χ4v) is 5.33. The van der Waals surface area contributed by atoms with Gasteiger partial charge in [-0.05, 0) is 100 Å². The fourth-order valence-electron chi connectivity index (χ4n) is 5.33. The number of ether oxygens (including phenoxy) is 3. The summed E-state index contributed by atoms with van der Waals surface area (Å²) in [6, 6.07) is 6.69. The minimum atomic E-state index is -0.804. The largest absolute Gasteiger partial charge is 0.443 e. The number of amides is 3. The Morgan fingerprint density at radius 1 is 0.804 bits per heavy atom. The third-order valence-electron chi connectivity index (χ3n) is 7.14. The molecule has 0 bridgehead atoms. The Bertz CT molecular complexity index is 1560. The lowest BCUT2D eigenvalue weighted by molar-refractivity contribution is -0.0115. The van der Waals surface area contributed by atoms with Crippen LogP contribution in [0.25, 0.3) is 22.2 Å². The highest BCUT2D eigenvalue weighted by Gasteiger charge is 2.41. The SMILES string of the molecule is Cn1nc(N)cc1-c1ccc2nc(N(C(=O)OC(C)(C)C)C3CCC(N(C(=O)OC(C)(C)C)C(=O)OC(C)(C)C)CC3)ncc2c1. The summed E-state index contributed by atoms with van der Waals surface area (Å²) in [4.78, 5) is 52.0. The number of imide groups is 1. The van der Waals surface area contributed by atoms with Crippen molar-refractivity contribution in [2.24, 2.45) is 7.05 Å². The van der Waals surface area contributed by atoms with Crippen molar-refractivity contribution < 1.29 is 28.6 Å². The molecule has 2 heterocycles. The molecule has 250 valence electrons. The highest BCUT2D eigenvalue weighted by molar-refractivity contribution is 5.90. The molecule has 3 amide bonds. The van der Waals surface area contributed by atoms with Gasteiger partial charge in [-0.2, -0.15) is 5.10 Å². The van der Waals surface area contributed by atoms with E-state index in [2.05, 4.69) is 10.1 Å². The van der Waals surface area contributed by atoms with Gasteiger partial charge in [0, 0.05) is 42.3 Å². The Morgan fingerprint density at radius 2 is 1.33 bits per heavy atom. The molecule has 2 aromatic heterocycles. The van der Waals surface area contributed by atoms with Gasteiger partial charge in [0.15, 0.2) is 0 Å². The molecular formula is C33H47N7O6. The van der Waals surface area contributed by atoms with E-state index in [0.29, 0.717) is 37.0 Å². The van der Waals surface area contributed by atoms with Crippen molar-refractivity contribution in [3.8, 4) is 11.3 Å². The molecule has 0 spiro atoms. The fraction of sp³-hybridized carbons (Fsp3) is 0.576. The molecule has 1 aromatic carbocycles. The Balaban J connectivity index is 1.62. The van der Waals surface area contributed by atoms with Crippen molar-refractivity contribution in [2.45, 2.75) is 117 Å². The van der Waals surface area contributed by atoms with E-state index in [1.807, 2.05) is 25.2 Å². The highest BCUT2D eigenvalue weighted by atomic mass is 16.6. The van der Waals surface area contributed by atoms with E-state index in [4.69, 9.17) is 24.9 Å². The quantitative estimate of drug-likeness (QED) is 0.301. The number of fused-ring (bicyclic) bond motifs is 1. The summed E-state index contributed by atoms with van der Waals surface area (Å²) in [5.41, 5.74) is 5.90. The normalized spacial score (nSPS) is 17.3. The zero-order valence-electron chi connectivity index (χ0n) is 28.6. The minimum Gasteiger partial charge on any atom is -0.443 e. The Morgan fingerprint density at radius 3 is 1.83 bits per heavy atom. The molecule has 1 aliphatic rings. The molecule has 0 aliphatic heterocycles. The van der Waals surface area contributed by atoms with Crippen LogP contribution in [0.5, 0.6) is 0 Å². The standard InChI is InChI=1S/C33H47N7O6/c1-31(2,3)44-28(41)39(27-35-19-21-17-20(11-16-24(21)36-27)25-18-26(34)37-38(25)10)22-12-14-23(15-13-22)40(29(42)45-32(4,5)6)30(43)46-33(7,8)9/h11,16-19,22-23H,12-15H2,1-10H3,(H2,34,37). The molecule has 0 unspecified atom stereocenters. The number of nitrogen functional groups attached to an aromatic ring is 1. The number of nitrogens with two attached hydrogens (primary N) is 1. The van der Waals surface area contributed by atoms with E-state index in [1.165, 1.54) is 4.90 Å². The van der Waals surface area contributed by atoms with Crippen molar-refractivity contribution in [1.82, 2.24) is 24.6 Å². The Hall–Kier alpha value is -4.42. The summed E-state index contributed by atoms with van der Waals surface area (Å²) in [7, 11) is 1.82. The first-order valence-electron chi connectivity index (χ1n) is 15.5. The van der Waals surface area contributed by atoms with Crippen LogP contribution in [-0.2, 0) is 21.3 Å². The second-order valence-corrected chi connectivity index (χ2v) is 14.7. The van der Waals surface area contributed by atoms with Gasteiger partial charge < -0.3 is 19.9 Å². The van der Waals surface area contributed by atoms with Crippen molar-refractivity contribution in [3.63, 3.8) is 0 Å². The summed E-state index contributed by atoms with van der Waals surface area (Å²) < 4.78 is 18.7. The zero-order valence-corrected chi connectivity index (χ0v) is 28.6. The van der Waals surface area contributed by atoms with Crippen LogP contribution in [0.3, 0.4) is 0 Å². The molecule has 0 saturated heterocycles. The average Bonchev–Trinajstić information content (AvgIpc) is 3.24. The molecule has 13 heteroatoms. The van der Waals surface area contributed by atoms with Gasteiger partial charge in [0.2, 0.25) is 5.95 Å². The molecule has 4 rings (SSSR count). The molecule has 1 aliphatic carbocycles. The van der Waals surface area contributed by atoms with Gasteiger partial charge in [-0.3, -0.25) is 4.68 Å². The van der Waals surface area contributed by atoms with E-state index in [0.717, 1.165) is 21.5 Å². The van der Waals surface area contributed by atoms with Crippen LogP contribution in [0.2, 0.25) is 0 Å². The lowest BCUT2D eigenvalue weighted by Gasteiger charge is -2.39. The van der Waals surface area contributed by atoms with Crippen molar-refractivity contribution in [1.29, 1.82) is 0 Å². The van der Waals surface area contributed by atoms with E-state index in [1.54, 1.807) is 79.3 Å². The van der Waals surface area contributed by atoms with Crippen LogP contribution in [0.4, 0.5) is 26.1 Å². The third-order valence-corrected chi connectivity index (χ3v) is 7.14. The van der Waals surface area contributed by atoms with E-state index >= 15 is 0 Å². The van der Waals surface area contributed by atoms with Gasteiger partial charge in [-0.25, -0.2) is 34.2 Å². The number of benzene rings is 1. The van der Waals surface area contributed by atoms with Crippen LogP contribution in [0, 0.1) is 0 Å². The van der Waals surface area contributed by atoms with E-state index in [9.17, 15) is 14.4 Å². The monoisotopic (exact) mass is 637 g/mol. The van der Waals surface area contributed by atoms with Crippen LogP contribution >= 0.6 is 0 Å². The van der Waals surface area contributed by atoms with Gasteiger partial charge in [0.05, 0.1) is 11.2 Å². The molecule has 1 fully saturated rings. The molecule has 1 saturated carbocycles. The minimum absolute atomic E-state index is 0.207. The summed E-state index contributed by atoms with van der Waals surface area (Å²) in [6.45, 7) is 15.9. The number of carbonyl (C=O) groups excluding carboxylic acids is 3. The van der Waals surface area contributed by atoms with Crippen LogP contribution < -0.4 is 10.6 Å². The number of nitrogens with zero attached hydrogens (tertiary/aromatic N) is 6. The number of hydrogen-bond acceptors (Lipinski definition) is 10. The Labute approximate surface area is 270 Å². The number of hydrogen-bond donors (Lipinski definition) is 1. The van der Waals surface area contributed by atoms with E-state index in [-0.39, 0.29) is 12.0 Å². The number of aromatic nitrogens is 4. The van der Waals surface area contributed by atoms with Crippen molar-refractivity contribution in [3.05, 3.63) is 30.5 Å². The first-order chi connectivity index (χ1) is 21.2. The maximum absolute atomic E-state index is 13.7. The maximum Gasteiger partial charge on any atom is 0.420 e. The topological polar surface area (TPSA) is 155 Å². The van der Waals surface area contributed by atoms with Gasteiger partial charge in [-0.15, -0.1) is 0 Å². The average molecular weight is 638 g/mol. The summed E-state index contributed by atoms with van der Waals surface area (Å²) in [6.07, 6.45) is 1.30. The van der Waals surface area contributed by atoms with Gasteiger partial charge >= 0.3 is 18.3 Å². The van der Waals surface area contributed by atoms with Gasteiger partial charge in [0.25, 0.3) is 0 Å². The number of carbonyl (C=O) groups is 3. The van der Waals surface area contributed by atoms with Crippen molar-refractivity contribution >= 4 is 40.9 Å². The number of aryl methyl sites for hydroxylation is 1. The first kappa shape index (κ1) is 34.5. The predicted molar refractivity (Wildman–Crippen MR) is 175 cm³/mol. The molecule has 0 atom stereocenters. The molecule has 2 N–H and O–H groups in total. The highest BCUT2D eigenvalue weighted by Crippen LogP contribution is 2.33. The molecule has 13 nitrogen and oxygen atoms in total. The van der Waals surface area contributed by atoms with E-state index < -0.39 is 41.1 Å². The molecular weight excluding hydrogens is 590 g/mol. The predicted octanol–water partition coefficient (Wildman–Crippen LogP) is 6.84. The van der Waals surface area contributed by atoms with Gasteiger partial charge in [-0.1, -0.05) is 6.07 Å². The second-order valence-electron chi connectivity index (χ2n) is 14.7. The number of anilines is 2. The summed E-state index contributed by atoms with van der Waals surface area (Å²) >= 11 is 0.